The van der Waals surface area contributed by atoms with Crippen molar-refractivity contribution in [3.63, 3.8) is 0 Å². The summed E-state index contributed by atoms with van der Waals surface area (Å²) in [5.74, 6) is 0.279. The summed E-state index contributed by atoms with van der Waals surface area (Å²) in [6.07, 6.45) is 5.31. The van der Waals surface area contributed by atoms with Gasteiger partial charge in [-0.05, 0) is 40.5 Å². The molecule has 0 heterocycles. The predicted octanol–water partition coefficient (Wildman–Crippen LogP) is 3.24. The van der Waals surface area contributed by atoms with Gasteiger partial charge in [0, 0.05) is 19.1 Å². The van der Waals surface area contributed by atoms with E-state index in [9.17, 15) is 4.79 Å². The number of ether oxygens (including phenoxy) is 1. The van der Waals surface area contributed by atoms with Crippen LogP contribution in [0.2, 0.25) is 0 Å². The van der Waals surface area contributed by atoms with Crippen molar-refractivity contribution in [1.82, 2.24) is 10.2 Å². The lowest BCUT2D eigenvalue weighted by Crippen LogP contribution is -2.46. The molecule has 1 unspecified atom stereocenters. The van der Waals surface area contributed by atoms with Gasteiger partial charge in [0.05, 0.1) is 6.34 Å². The van der Waals surface area contributed by atoms with Crippen molar-refractivity contribution in [3.8, 4) is 0 Å². The molecule has 0 fully saturated rings. The minimum Gasteiger partial charge on any atom is -0.444 e. The van der Waals surface area contributed by atoms with Crippen LogP contribution in [-0.4, -0.2) is 42.1 Å². The molecule has 6 heteroatoms. The minimum atomic E-state index is -0.486. The van der Waals surface area contributed by atoms with E-state index in [1.54, 1.807) is 6.34 Å². The van der Waals surface area contributed by atoms with Crippen LogP contribution in [0.5, 0.6) is 0 Å². The first-order valence-corrected chi connectivity index (χ1v) is 8.18. The zero-order valence-corrected chi connectivity index (χ0v) is 15.6. The van der Waals surface area contributed by atoms with Crippen molar-refractivity contribution in [3.05, 3.63) is 12.4 Å². The molecular formula is C17H34N4O2. The van der Waals surface area contributed by atoms with E-state index >= 15 is 0 Å². The molecule has 6 nitrogen and oxygen atoms in total. The van der Waals surface area contributed by atoms with Crippen molar-refractivity contribution in [2.24, 2.45) is 10.7 Å². The standard InChI is InChI=1S/C17H34N4O2/c1-8-9-10-17(6,21(7)13-20-14(2)18)11-12-19-15(22)23-16(3,4)5/h13H,2,8-12,18H2,1,3-7H3,(H,19,22)/b20-13-. The largest absolute Gasteiger partial charge is 0.444 e. The molecule has 0 rings (SSSR count). The molecule has 0 radical (unpaired) electrons. The zero-order chi connectivity index (χ0) is 18.1. The number of hydrogen-bond donors (Lipinski definition) is 2. The highest BCUT2D eigenvalue weighted by molar-refractivity contribution is 5.67. The number of carbonyl (C=O) groups is 1. The van der Waals surface area contributed by atoms with E-state index in [0.29, 0.717) is 6.54 Å². The lowest BCUT2D eigenvalue weighted by atomic mass is 9.90. The maximum Gasteiger partial charge on any atom is 0.407 e. The lowest BCUT2D eigenvalue weighted by molar-refractivity contribution is 0.0518. The van der Waals surface area contributed by atoms with Gasteiger partial charge in [-0.15, -0.1) is 0 Å². The fourth-order valence-corrected chi connectivity index (χ4v) is 2.08. The third-order valence-electron chi connectivity index (χ3n) is 3.65. The third kappa shape index (κ3) is 9.81. The minimum absolute atomic E-state index is 0.121. The number of hydrogen-bond acceptors (Lipinski definition) is 4. The summed E-state index contributed by atoms with van der Waals surface area (Å²) in [6, 6.07) is 0. The smallest absolute Gasteiger partial charge is 0.407 e. The Morgan fingerprint density at radius 3 is 2.43 bits per heavy atom. The Balaban J connectivity index is 4.65. The van der Waals surface area contributed by atoms with E-state index in [1.165, 1.54) is 0 Å². The molecule has 0 aromatic rings. The van der Waals surface area contributed by atoms with Gasteiger partial charge in [0.2, 0.25) is 0 Å². The Hall–Kier alpha value is -1.72. The first-order valence-electron chi connectivity index (χ1n) is 8.18. The topological polar surface area (TPSA) is 80.0 Å². The summed E-state index contributed by atoms with van der Waals surface area (Å²) in [5.41, 5.74) is 4.88. The van der Waals surface area contributed by atoms with Crippen molar-refractivity contribution in [2.45, 2.75) is 71.4 Å². The van der Waals surface area contributed by atoms with Crippen LogP contribution in [0.4, 0.5) is 4.79 Å². The highest BCUT2D eigenvalue weighted by atomic mass is 16.6. The maximum absolute atomic E-state index is 11.7. The van der Waals surface area contributed by atoms with Gasteiger partial charge < -0.3 is 20.7 Å². The fourth-order valence-electron chi connectivity index (χ4n) is 2.08. The van der Waals surface area contributed by atoms with Gasteiger partial charge in [-0.1, -0.05) is 26.3 Å². The quantitative estimate of drug-likeness (QED) is 0.503. The monoisotopic (exact) mass is 326 g/mol. The molecule has 134 valence electrons. The van der Waals surface area contributed by atoms with E-state index in [0.717, 1.165) is 25.7 Å². The summed E-state index contributed by atoms with van der Waals surface area (Å²) in [7, 11) is 1.97. The van der Waals surface area contributed by atoms with Crippen molar-refractivity contribution >= 4 is 12.4 Å². The molecule has 0 saturated heterocycles. The number of rotatable bonds is 9. The van der Waals surface area contributed by atoms with Crippen LogP contribution in [0.3, 0.4) is 0 Å². The Labute approximate surface area is 141 Å². The lowest BCUT2D eigenvalue weighted by Gasteiger charge is -2.38. The number of nitrogens with one attached hydrogen (secondary N) is 1. The number of carbonyl (C=O) groups excluding carboxylic acids is 1. The van der Waals surface area contributed by atoms with Gasteiger partial charge in [-0.3, -0.25) is 0 Å². The summed E-state index contributed by atoms with van der Waals surface area (Å²) in [4.78, 5) is 17.8. The molecule has 0 aliphatic carbocycles. The Morgan fingerprint density at radius 1 is 1.35 bits per heavy atom. The van der Waals surface area contributed by atoms with Crippen molar-refractivity contribution < 1.29 is 9.53 Å². The third-order valence-corrected chi connectivity index (χ3v) is 3.65. The van der Waals surface area contributed by atoms with Crippen LogP contribution in [0.1, 0.15) is 60.3 Å². The average molecular weight is 326 g/mol. The van der Waals surface area contributed by atoms with Gasteiger partial charge in [-0.2, -0.15) is 0 Å². The Bertz CT molecular complexity index is 415. The zero-order valence-electron chi connectivity index (χ0n) is 15.6. The SMILES string of the molecule is C=C(N)/N=C\N(C)C(C)(CCCC)CCNC(=O)OC(C)(C)C. The second-order valence-corrected chi connectivity index (χ2v) is 7.13. The molecule has 0 bridgehead atoms. The van der Waals surface area contributed by atoms with Crippen molar-refractivity contribution in [2.75, 3.05) is 13.6 Å². The molecule has 0 aliphatic heterocycles. The number of unbranched alkanes of at least 4 members (excludes halogenated alkanes) is 1. The molecule has 0 aromatic carbocycles. The Kier molecular flexibility index (Phi) is 8.72. The van der Waals surface area contributed by atoms with Gasteiger partial charge >= 0.3 is 6.09 Å². The maximum atomic E-state index is 11.7. The molecule has 0 spiro atoms. The van der Waals surface area contributed by atoms with Crippen LogP contribution in [0.25, 0.3) is 0 Å². The number of nitrogens with zero attached hydrogens (tertiary/aromatic N) is 2. The summed E-state index contributed by atoms with van der Waals surface area (Å²) < 4.78 is 5.25. The second kappa shape index (κ2) is 9.43. The van der Waals surface area contributed by atoms with Crippen LogP contribution in [-0.2, 0) is 4.74 Å². The van der Waals surface area contributed by atoms with Crippen LogP contribution >= 0.6 is 0 Å². The predicted molar refractivity (Wildman–Crippen MR) is 96.4 cm³/mol. The number of nitrogens with two attached hydrogens (primary N) is 1. The van der Waals surface area contributed by atoms with E-state index in [4.69, 9.17) is 10.5 Å². The fraction of sp³-hybridized carbons (Fsp3) is 0.765. The number of alkyl carbamates (subject to hydrolysis) is 1. The van der Waals surface area contributed by atoms with E-state index < -0.39 is 5.60 Å². The average Bonchev–Trinajstić information content (AvgIpc) is 2.40. The van der Waals surface area contributed by atoms with Gasteiger partial charge in [0.1, 0.15) is 11.4 Å². The summed E-state index contributed by atoms with van der Waals surface area (Å²) in [5, 5.41) is 2.82. The molecule has 3 N–H and O–H groups in total. The highest BCUT2D eigenvalue weighted by Crippen LogP contribution is 2.23. The molecule has 1 atom stereocenters. The van der Waals surface area contributed by atoms with E-state index in [2.05, 4.69) is 30.7 Å². The molecule has 0 aliphatic rings. The normalized spacial score (nSPS) is 14.3. The van der Waals surface area contributed by atoms with Crippen molar-refractivity contribution in [1.29, 1.82) is 0 Å². The second-order valence-electron chi connectivity index (χ2n) is 7.13. The molecule has 0 aromatic heterocycles. The molecular weight excluding hydrogens is 292 g/mol. The Morgan fingerprint density at radius 2 is 1.96 bits per heavy atom. The first-order chi connectivity index (χ1) is 10.5. The van der Waals surface area contributed by atoms with E-state index in [-0.39, 0.29) is 17.5 Å². The molecule has 23 heavy (non-hydrogen) atoms. The van der Waals surface area contributed by atoms with Crippen LogP contribution in [0.15, 0.2) is 17.4 Å². The number of amides is 1. The number of aliphatic imine (C=N–C) groups is 1. The van der Waals surface area contributed by atoms with Crippen LogP contribution < -0.4 is 11.1 Å². The van der Waals surface area contributed by atoms with Crippen LogP contribution in [0, 0.1) is 0 Å². The van der Waals surface area contributed by atoms with Gasteiger partial charge in [0.25, 0.3) is 0 Å². The summed E-state index contributed by atoms with van der Waals surface area (Å²) >= 11 is 0. The van der Waals surface area contributed by atoms with E-state index in [1.807, 2.05) is 32.7 Å². The molecule has 0 saturated carbocycles. The molecule has 1 amide bonds. The summed E-state index contributed by atoms with van der Waals surface area (Å²) in [6.45, 7) is 14.0. The van der Waals surface area contributed by atoms with Gasteiger partial charge in [-0.25, -0.2) is 9.79 Å². The highest BCUT2D eigenvalue weighted by Gasteiger charge is 2.27. The first kappa shape index (κ1) is 21.3. The van der Waals surface area contributed by atoms with Gasteiger partial charge in [0.15, 0.2) is 0 Å².